The first-order chi connectivity index (χ1) is 16.0. The Morgan fingerprint density at radius 3 is 2.88 bits per heavy atom. The number of imidazole rings is 1. The van der Waals surface area contributed by atoms with Crippen LogP contribution >= 0.6 is 0 Å². The van der Waals surface area contributed by atoms with Gasteiger partial charge in [0.15, 0.2) is 0 Å². The molecule has 0 aliphatic carbocycles. The molecular weight excluding hydrogens is 428 g/mol. The predicted molar refractivity (Wildman–Crippen MR) is 123 cm³/mol. The number of nitrogens with zero attached hydrogens (tertiary/aromatic N) is 4. The number of nitrogens with two attached hydrogens (primary N) is 1. The molecule has 5 rings (SSSR count). The second-order valence-electron chi connectivity index (χ2n) is 8.18. The van der Waals surface area contributed by atoms with E-state index in [-0.39, 0.29) is 12.4 Å². The number of alkyl halides is 1. The summed E-state index contributed by atoms with van der Waals surface area (Å²) in [5.74, 6) is 0.318. The molecule has 4 aromatic rings. The molecule has 9 heteroatoms. The van der Waals surface area contributed by atoms with E-state index in [9.17, 15) is 8.78 Å². The molecule has 1 fully saturated rings. The van der Waals surface area contributed by atoms with Crippen molar-refractivity contribution in [3.8, 4) is 17.1 Å². The summed E-state index contributed by atoms with van der Waals surface area (Å²) in [4.78, 5) is 11.2. The number of rotatable bonds is 6. The molecule has 1 saturated heterocycles. The van der Waals surface area contributed by atoms with Crippen LogP contribution in [0.4, 0.5) is 14.5 Å². The Hall–Kier alpha value is -3.30. The number of pyridine rings is 2. The SMILES string of the molecule is COCCOc1ccn2c(-c3ccc4cc(F)cc(N5CC[C@@H](N)[C@@H](F)C5)c4n3)cnc2c1. The molecule has 0 bridgehead atoms. The average molecular weight is 453 g/mol. The summed E-state index contributed by atoms with van der Waals surface area (Å²) in [6.45, 7) is 1.62. The van der Waals surface area contributed by atoms with Crippen molar-refractivity contribution < 1.29 is 18.3 Å². The number of hydrogen-bond acceptors (Lipinski definition) is 6. The quantitative estimate of drug-likeness (QED) is 0.450. The highest BCUT2D eigenvalue weighted by atomic mass is 19.1. The minimum Gasteiger partial charge on any atom is -0.491 e. The van der Waals surface area contributed by atoms with Gasteiger partial charge in [-0.1, -0.05) is 6.07 Å². The van der Waals surface area contributed by atoms with Gasteiger partial charge in [-0.15, -0.1) is 0 Å². The first-order valence-corrected chi connectivity index (χ1v) is 10.9. The highest BCUT2D eigenvalue weighted by molar-refractivity contribution is 5.92. The molecule has 4 heterocycles. The number of piperidine rings is 1. The molecular formula is C24H25F2N5O2. The van der Waals surface area contributed by atoms with Gasteiger partial charge in [0, 0.05) is 37.3 Å². The molecule has 7 nitrogen and oxygen atoms in total. The molecule has 0 spiro atoms. The highest BCUT2D eigenvalue weighted by Gasteiger charge is 2.28. The number of benzene rings is 1. The summed E-state index contributed by atoms with van der Waals surface area (Å²) in [6, 6.07) is 9.73. The molecule has 33 heavy (non-hydrogen) atoms. The van der Waals surface area contributed by atoms with Crippen LogP contribution in [-0.4, -0.2) is 60.0 Å². The van der Waals surface area contributed by atoms with Gasteiger partial charge < -0.3 is 20.1 Å². The summed E-state index contributed by atoms with van der Waals surface area (Å²) < 4.78 is 41.3. The van der Waals surface area contributed by atoms with Crippen molar-refractivity contribution in [3.05, 3.63) is 54.6 Å². The van der Waals surface area contributed by atoms with Gasteiger partial charge in [0.1, 0.15) is 30.0 Å². The van der Waals surface area contributed by atoms with Crippen LogP contribution in [0.1, 0.15) is 6.42 Å². The molecule has 172 valence electrons. The van der Waals surface area contributed by atoms with Crippen molar-refractivity contribution in [1.82, 2.24) is 14.4 Å². The fourth-order valence-corrected chi connectivity index (χ4v) is 4.19. The van der Waals surface area contributed by atoms with Crippen molar-refractivity contribution in [3.63, 3.8) is 0 Å². The molecule has 2 atom stereocenters. The Labute approximate surface area is 189 Å². The Morgan fingerprint density at radius 2 is 2.06 bits per heavy atom. The molecule has 1 aliphatic rings. The van der Waals surface area contributed by atoms with Gasteiger partial charge in [0.05, 0.1) is 41.9 Å². The standard InChI is InChI=1S/C24H25F2N5O2/c1-32-8-9-33-17-4-7-31-22(13-28-23(31)12-17)20-3-2-15-10-16(25)11-21(24(15)29-20)30-6-5-19(27)18(26)14-30/h2-4,7,10-13,18-19H,5-6,8-9,14,27H2,1H3/t18-,19+/m0/s1. The Morgan fingerprint density at radius 1 is 1.18 bits per heavy atom. The van der Waals surface area contributed by atoms with Gasteiger partial charge in [0.2, 0.25) is 0 Å². The van der Waals surface area contributed by atoms with Crippen molar-refractivity contribution in [2.24, 2.45) is 5.73 Å². The van der Waals surface area contributed by atoms with E-state index in [2.05, 4.69) is 4.98 Å². The van der Waals surface area contributed by atoms with E-state index >= 15 is 0 Å². The number of halogens is 2. The number of ether oxygens (including phenoxy) is 2. The molecule has 1 aromatic carbocycles. The molecule has 0 amide bonds. The maximum atomic E-state index is 14.4. The zero-order chi connectivity index (χ0) is 22.9. The summed E-state index contributed by atoms with van der Waals surface area (Å²) in [5.41, 5.74) is 9.20. The molecule has 1 aliphatic heterocycles. The zero-order valence-corrected chi connectivity index (χ0v) is 18.2. The number of fused-ring (bicyclic) bond motifs is 2. The van der Waals surface area contributed by atoms with Crippen LogP contribution in [0.5, 0.6) is 5.75 Å². The average Bonchev–Trinajstić information content (AvgIpc) is 3.23. The number of anilines is 1. The number of hydrogen-bond donors (Lipinski definition) is 1. The van der Waals surface area contributed by atoms with E-state index in [1.54, 1.807) is 13.3 Å². The van der Waals surface area contributed by atoms with Gasteiger partial charge in [-0.05, 0) is 30.7 Å². The van der Waals surface area contributed by atoms with E-state index in [0.29, 0.717) is 59.9 Å². The maximum absolute atomic E-state index is 14.4. The molecule has 0 unspecified atom stereocenters. The van der Waals surface area contributed by atoms with E-state index in [1.807, 2.05) is 39.8 Å². The van der Waals surface area contributed by atoms with Crippen LogP contribution in [0.25, 0.3) is 27.9 Å². The monoisotopic (exact) mass is 453 g/mol. The van der Waals surface area contributed by atoms with E-state index in [1.165, 1.54) is 12.1 Å². The van der Waals surface area contributed by atoms with E-state index < -0.39 is 12.2 Å². The largest absolute Gasteiger partial charge is 0.491 e. The Balaban J connectivity index is 1.53. The van der Waals surface area contributed by atoms with Crippen LogP contribution < -0.4 is 15.4 Å². The smallest absolute Gasteiger partial charge is 0.140 e. The lowest BCUT2D eigenvalue weighted by Gasteiger charge is -2.34. The highest BCUT2D eigenvalue weighted by Crippen LogP contribution is 2.32. The summed E-state index contributed by atoms with van der Waals surface area (Å²) >= 11 is 0. The van der Waals surface area contributed by atoms with Crippen LogP contribution in [0.2, 0.25) is 0 Å². The fourth-order valence-electron chi connectivity index (χ4n) is 4.19. The van der Waals surface area contributed by atoms with Gasteiger partial charge in [-0.25, -0.2) is 18.7 Å². The molecule has 2 N–H and O–H groups in total. The van der Waals surface area contributed by atoms with Crippen molar-refractivity contribution >= 4 is 22.2 Å². The third kappa shape index (κ3) is 4.21. The molecule has 0 radical (unpaired) electrons. The predicted octanol–water partition coefficient (Wildman–Crippen LogP) is 3.59. The minimum atomic E-state index is -1.17. The second kappa shape index (κ2) is 8.92. The lowest BCUT2D eigenvalue weighted by Crippen LogP contribution is -2.48. The number of methoxy groups -OCH3 is 1. The molecule has 3 aromatic heterocycles. The lowest BCUT2D eigenvalue weighted by atomic mass is 10.0. The summed E-state index contributed by atoms with van der Waals surface area (Å²) in [7, 11) is 1.62. The Bertz CT molecular complexity index is 1290. The van der Waals surface area contributed by atoms with Crippen LogP contribution in [0, 0.1) is 5.82 Å². The van der Waals surface area contributed by atoms with Crippen molar-refractivity contribution in [2.45, 2.75) is 18.6 Å². The van der Waals surface area contributed by atoms with E-state index in [0.717, 1.165) is 5.69 Å². The first-order valence-electron chi connectivity index (χ1n) is 10.9. The van der Waals surface area contributed by atoms with Gasteiger partial charge in [0.25, 0.3) is 0 Å². The minimum absolute atomic E-state index is 0.118. The van der Waals surface area contributed by atoms with Crippen LogP contribution in [0.3, 0.4) is 0 Å². The second-order valence-corrected chi connectivity index (χ2v) is 8.18. The third-order valence-electron chi connectivity index (χ3n) is 5.97. The topological polar surface area (TPSA) is 77.9 Å². The summed E-state index contributed by atoms with van der Waals surface area (Å²) in [6.07, 6.45) is 2.94. The van der Waals surface area contributed by atoms with Crippen molar-refractivity contribution in [2.75, 3.05) is 38.3 Å². The normalized spacial score (nSPS) is 18.8. The van der Waals surface area contributed by atoms with Crippen LogP contribution in [0.15, 0.2) is 48.8 Å². The fraction of sp³-hybridized carbons (Fsp3) is 0.333. The molecule has 0 saturated carbocycles. The lowest BCUT2D eigenvalue weighted by molar-refractivity contribution is 0.146. The van der Waals surface area contributed by atoms with Crippen molar-refractivity contribution in [1.29, 1.82) is 0 Å². The number of aromatic nitrogens is 3. The first kappa shape index (κ1) is 21.5. The van der Waals surface area contributed by atoms with Crippen LogP contribution in [-0.2, 0) is 4.74 Å². The third-order valence-corrected chi connectivity index (χ3v) is 5.97. The van der Waals surface area contributed by atoms with Gasteiger partial charge >= 0.3 is 0 Å². The van der Waals surface area contributed by atoms with E-state index in [4.69, 9.17) is 20.2 Å². The summed E-state index contributed by atoms with van der Waals surface area (Å²) in [5, 5.41) is 0.654. The zero-order valence-electron chi connectivity index (χ0n) is 18.2. The van der Waals surface area contributed by atoms with Gasteiger partial charge in [-0.3, -0.25) is 4.40 Å². The maximum Gasteiger partial charge on any atom is 0.140 e. The van der Waals surface area contributed by atoms with Gasteiger partial charge in [-0.2, -0.15) is 0 Å². The Kier molecular flexibility index (Phi) is 5.82.